The number of rotatable bonds is 4. The highest BCUT2D eigenvalue weighted by Crippen LogP contribution is 2.30. The van der Waals surface area contributed by atoms with Crippen LogP contribution in [0.25, 0.3) is 0 Å². The Hall–Kier alpha value is -1.86. The number of benzene rings is 2. The zero-order valence-electron chi connectivity index (χ0n) is 14.3. The average molecular weight is 466 g/mol. The molecule has 6 nitrogen and oxygen atoms in total. The van der Waals surface area contributed by atoms with Crippen LogP contribution < -0.4 is 5.32 Å². The minimum absolute atomic E-state index is 0.168. The number of thioether (sulfide) groups is 1. The SMILES string of the molecule is Cc1cc(S(=O)(=O)N2CSC[C@@H]2C(=O)Nc2ccc(C#N)cc2)ccc1Br. The smallest absolute Gasteiger partial charge is 0.244 e. The van der Waals surface area contributed by atoms with Gasteiger partial charge in [-0.1, -0.05) is 15.9 Å². The number of nitrogens with zero attached hydrogens (tertiary/aromatic N) is 2. The predicted octanol–water partition coefficient (Wildman–Crippen LogP) is 3.33. The van der Waals surface area contributed by atoms with Crippen molar-refractivity contribution in [3.05, 3.63) is 58.1 Å². The molecule has 2 aromatic carbocycles. The molecule has 0 aromatic heterocycles. The van der Waals surface area contributed by atoms with E-state index in [0.717, 1.165) is 10.0 Å². The van der Waals surface area contributed by atoms with E-state index in [9.17, 15) is 13.2 Å². The molecule has 0 aliphatic carbocycles. The maximum absolute atomic E-state index is 13.0. The van der Waals surface area contributed by atoms with Gasteiger partial charge in [-0.15, -0.1) is 11.8 Å². The van der Waals surface area contributed by atoms with Crippen molar-refractivity contribution >= 4 is 49.3 Å². The zero-order valence-corrected chi connectivity index (χ0v) is 17.6. The maximum atomic E-state index is 13.0. The number of carbonyl (C=O) groups is 1. The summed E-state index contributed by atoms with van der Waals surface area (Å²) in [5, 5.41) is 11.6. The summed E-state index contributed by atoms with van der Waals surface area (Å²) in [5.74, 6) is 0.224. The molecule has 3 rings (SSSR count). The van der Waals surface area contributed by atoms with Crippen molar-refractivity contribution in [1.82, 2.24) is 4.31 Å². The highest BCUT2D eigenvalue weighted by Gasteiger charge is 2.40. The van der Waals surface area contributed by atoms with Gasteiger partial charge < -0.3 is 5.32 Å². The molecule has 1 N–H and O–H groups in total. The fourth-order valence-corrected chi connectivity index (χ4v) is 6.12. The van der Waals surface area contributed by atoms with Gasteiger partial charge in [0.05, 0.1) is 22.4 Å². The number of sulfonamides is 1. The van der Waals surface area contributed by atoms with E-state index in [1.165, 1.54) is 22.1 Å². The van der Waals surface area contributed by atoms with Gasteiger partial charge in [0.1, 0.15) is 6.04 Å². The summed E-state index contributed by atoms with van der Waals surface area (Å²) in [5.41, 5.74) is 1.81. The molecule has 2 aromatic rings. The monoisotopic (exact) mass is 465 g/mol. The van der Waals surface area contributed by atoms with Crippen LogP contribution in [0.5, 0.6) is 0 Å². The Morgan fingerprint density at radius 1 is 1.30 bits per heavy atom. The molecule has 1 amide bonds. The molecule has 140 valence electrons. The molecule has 1 heterocycles. The Morgan fingerprint density at radius 3 is 2.63 bits per heavy atom. The van der Waals surface area contributed by atoms with Crippen molar-refractivity contribution in [2.75, 3.05) is 16.9 Å². The number of anilines is 1. The summed E-state index contributed by atoms with van der Waals surface area (Å²) in [4.78, 5) is 12.8. The van der Waals surface area contributed by atoms with Gasteiger partial charge in [0, 0.05) is 15.9 Å². The largest absolute Gasteiger partial charge is 0.325 e. The summed E-state index contributed by atoms with van der Waals surface area (Å²) >= 11 is 4.76. The van der Waals surface area contributed by atoms with Gasteiger partial charge in [-0.25, -0.2) is 8.42 Å². The van der Waals surface area contributed by atoms with Gasteiger partial charge in [0.25, 0.3) is 0 Å². The first-order valence-corrected chi connectivity index (χ1v) is 11.4. The second-order valence-electron chi connectivity index (χ2n) is 6.00. The van der Waals surface area contributed by atoms with Crippen molar-refractivity contribution in [3.8, 4) is 6.07 Å². The molecule has 1 aliphatic heterocycles. The van der Waals surface area contributed by atoms with Crippen molar-refractivity contribution in [2.45, 2.75) is 17.9 Å². The average Bonchev–Trinajstić information content (AvgIpc) is 3.15. The highest BCUT2D eigenvalue weighted by atomic mass is 79.9. The van der Waals surface area contributed by atoms with E-state index in [0.29, 0.717) is 17.0 Å². The van der Waals surface area contributed by atoms with Crippen LogP contribution >= 0.6 is 27.7 Å². The third-order valence-electron chi connectivity index (χ3n) is 4.16. The Balaban J connectivity index is 1.82. The number of nitrogens with one attached hydrogen (secondary N) is 1. The van der Waals surface area contributed by atoms with Crippen LogP contribution in [-0.4, -0.2) is 36.3 Å². The van der Waals surface area contributed by atoms with E-state index >= 15 is 0 Å². The van der Waals surface area contributed by atoms with Crippen molar-refractivity contribution < 1.29 is 13.2 Å². The van der Waals surface area contributed by atoms with E-state index in [1.807, 2.05) is 13.0 Å². The number of amides is 1. The molecular formula is C18H16BrN3O3S2. The molecule has 0 bridgehead atoms. The molecule has 0 saturated carbocycles. The van der Waals surface area contributed by atoms with Crippen LogP contribution in [-0.2, 0) is 14.8 Å². The van der Waals surface area contributed by atoms with Crippen LogP contribution in [0.15, 0.2) is 51.8 Å². The first kappa shape index (κ1) is 19.9. The first-order chi connectivity index (χ1) is 12.8. The number of halogens is 1. The fraction of sp³-hybridized carbons (Fsp3) is 0.222. The molecule has 1 aliphatic rings. The molecule has 0 spiro atoms. The van der Waals surface area contributed by atoms with Crippen LogP contribution in [0.4, 0.5) is 5.69 Å². The Morgan fingerprint density at radius 2 is 2.00 bits per heavy atom. The number of carbonyl (C=O) groups excluding carboxylic acids is 1. The second-order valence-corrected chi connectivity index (χ2v) is 9.74. The van der Waals surface area contributed by atoms with E-state index in [1.54, 1.807) is 36.4 Å². The third kappa shape index (κ3) is 4.19. The van der Waals surface area contributed by atoms with E-state index in [4.69, 9.17) is 5.26 Å². The molecule has 0 unspecified atom stereocenters. The van der Waals surface area contributed by atoms with Crippen LogP contribution in [0.2, 0.25) is 0 Å². The number of hydrogen-bond donors (Lipinski definition) is 1. The minimum Gasteiger partial charge on any atom is -0.325 e. The van der Waals surface area contributed by atoms with Crippen LogP contribution in [0, 0.1) is 18.3 Å². The third-order valence-corrected chi connectivity index (χ3v) is 8.08. The summed E-state index contributed by atoms with van der Waals surface area (Å²) in [6, 6.07) is 12.5. The molecular weight excluding hydrogens is 450 g/mol. The molecule has 0 radical (unpaired) electrons. The lowest BCUT2D eigenvalue weighted by molar-refractivity contribution is -0.118. The maximum Gasteiger partial charge on any atom is 0.244 e. The topological polar surface area (TPSA) is 90.3 Å². The number of hydrogen-bond acceptors (Lipinski definition) is 5. The van der Waals surface area contributed by atoms with Gasteiger partial charge in [-0.05, 0) is 55.0 Å². The van der Waals surface area contributed by atoms with E-state index < -0.39 is 16.1 Å². The molecule has 1 atom stereocenters. The fourth-order valence-electron chi connectivity index (χ4n) is 2.64. The van der Waals surface area contributed by atoms with Crippen LogP contribution in [0.1, 0.15) is 11.1 Å². The van der Waals surface area contributed by atoms with E-state index in [-0.39, 0.29) is 16.7 Å². The quantitative estimate of drug-likeness (QED) is 0.747. The van der Waals surface area contributed by atoms with Gasteiger partial charge in [0.15, 0.2) is 0 Å². The summed E-state index contributed by atoms with van der Waals surface area (Å²) in [6.07, 6.45) is 0. The Kier molecular flexibility index (Phi) is 5.91. The number of nitriles is 1. The van der Waals surface area contributed by atoms with Gasteiger partial charge >= 0.3 is 0 Å². The Bertz CT molecular complexity index is 1020. The normalized spacial score (nSPS) is 17.4. The van der Waals surface area contributed by atoms with Gasteiger partial charge in [-0.2, -0.15) is 9.57 Å². The molecule has 27 heavy (non-hydrogen) atoms. The Labute approximate surface area is 170 Å². The lowest BCUT2D eigenvalue weighted by Crippen LogP contribution is -2.44. The lowest BCUT2D eigenvalue weighted by atomic mass is 10.2. The number of aryl methyl sites for hydroxylation is 1. The summed E-state index contributed by atoms with van der Waals surface area (Å²) < 4.78 is 28.1. The van der Waals surface area contributed by atoms with Crippen molar-refractivity contribution in [3.63, 3.8) is 0 Å². The molecule has 1 fully saturated rings. The van der Waals surface area contributed by atoms with E-state index in [2.05, 4.69) is 21.2 Å². The summed E-state index contributed by atoms with van der Waals surface area (Å²) in [6.45, 7) is 1.82. The molecule has 9 heteroatoms. The standard InChI is InChI=1S/C18H16BrN3O3S2/c1-12-8-15(6-7-16(12)19)27(24,25)22-11-26-10-17(22)18(23)21-14-4-2-13(9-20)3-5-14/h2-8,17H,10-11H2,1H3,(H,21,23)/t17-/m1/s1. The van der Waals surface area contributed by atoms with Gasteiger partial charge in [0.2, 0.25) is 15.9 Å². The first-order valence-electron chi connectivity index (χ1n) is 7.99. The van der Waals surface area contributed by atoms with Crippen LogP contribution in [0.3, 0.4) is 0 Å². The lowest BCUT2D eigenvalue weighted by Gasteiger charge is -2.23. The van der Waals surface area contributed by atoms with Crippen molar-refractivity contribution in [2.24, 2.45) is 0 Å². The zero-order chi connectivity index (χ0) is 19.6. The van der Waals surface area contributed by atoms with Crippen molar-refractivity contribution in [1.29, 1.82) is 5.26 Å². The predicted molar refractivity (Wildman–Crippen MR) is 109 cm³/mol. The second kappa shape index (κ2) is 8.02. The highest BCUT2D eigenvalue weighted by molar-refractivity contribution is 9.10. The van der Waals surface area contributed by atoms with Gasteiger partial charge in [-0.3, -0.25) is 4.79 Å². The minimum atomic E-state index is -3.79. The summed E-state index contributed by atoms with van der Waals surface area (Å²) in [7, 11) is -3.79. The molecule has 1 saturated heterocycles.